The third kappa shape index (κ3) is 12.2. The largest absolute Gasteiger partial charge is 1.00 e. The van der Waals surface area contributed by atoms with Gasteiger partial charge in [0.05, 0.1) is 63.1 Å². The zero-order valence-electron chi connectivity index (χ0n) is 37.4. The molecule has 0 aliphatic heterocycles. The molecule has 18 nitrogen and oxygen atoms in total. The SMILES string of the molecule is O=C(CNCCc1nc2c(NCc3ncccc3F)ncnc2s1)c1nc2ccccc2[nH]1.OC(CNCCc1nc2c(NCc3ncccc3F)ncnc2s1)c1nc2ccccc2[nH]1.[B].[H-].[Na+]. The van der Waals surface area contributed by atoms with Crippen LogP contribution < -0.4 is 50.8 Å². The van der Waals surface area contributed by atoms with Crippen molar-refractivity contribution in [3.05, 3.63) is 143 Å². The van der Waals surface area contributed by atoms with Gasteiger partial charge in [-0.3, -0.25) is 14.8 Å². The number of carbonyl (C=O) groups is 1. The minimum absolute atomic E-state index is 0. The first kappa shape index (κ1) is 49.6. The zero-order valence-corrected chi connectivity index (χ0v) is 40.1. The molecule has 10 aromatic rings. The summed E-state index contributed by atoms with van der Waals surface area (Å²) in [6.45, 7) is 2.14. The average Bonchev–Trinajstić information content (AvgIpc) is 4.16. The van der Waals surface area contributed by atoms with Crippen molar-refractivity contribution < 1.29 is 49.7 Å². The Labute approximate surface area is 420 Å². The van der Waals surface area contributed by atoms with Crippen LogP contribution in [0.2, 0.25) is 0 Å². The van der Waals surface area contributed by atoms with E-state index in [1.807, 2.05) is 48.5 Å². The molecular formula is C44H41BF2N16NaO2S2. The van der Waals surface area contributed by atoms with Gasteiger partial charge in [-0.05, 0) is 48.5 Å². The van der Waals surface area contributed by atoms with E-state index in [1.54, 1.807) is 24.5 Å². The number of imidazole rings is 2. The molecule has 8 aromatic heterocycles. The number of nitrogens with zero attached hydrogens (tertiary/aromatic N) is 10. The number of hydrogen-bond acceptors (Lipinski definition) is 18. The van der Waals surface area contributed by atoms with Crippen molar-refractivity contribution in [2.24, 2.45) is 0 Å². The molecule has 0 bridgehead atoms. The van der Waals surface area contributed by atoms with E-state index in [2.05, 4.69) is 81.1 Å². The number of aliphatic hydroxyl groups is 1. The Balaban J connectivity index is 0.000000217. The van der Waals surface area contributed by atoms with Gasteiger partial charge in [-0.15, -0.1) is 0 Å². The number of H-pyrrole nitrogens is 2. The van der Waals surface area contributed by atoms with Crippen molar-refractivity contribution in [3.63, 3.8) is 0 Å². The number of Topliss-reactive ketones (excluding diaryl/α,β-unsaturated/α-hetero) is 1. The van der Waals surface area contributed by atoms with Gasteiger partial charge in [-0.2, -0.15) is 0 Å². The summed E-state index contributed by atoms with van der Waals surface area (Å²) >= 11 is 2.94. The molecule has 10 rings (SSSR count). The molecule has 1 unspecified atom stereocenters. The van der Waals surface area contributed by atoms with Crippen LogP contribution in [0, 0.1) is 11.6 Å². The Bertz CT molecular complexity index is 3210. The molecule has 339 valence electrons. The number of carbonyl (C=O) groups excluding carboxylic acids is 1. The Morgan fingerprint density at radius 3 is 1.74 bits per heavy atom. The Kier molecular flexibility index (Phi) is 17.2. The topological polar surface area (TPSA) is 246 Å². The van der Waals surface area contributed by atoms with Crippen LogP contribution in [-0.4, -0.2) is 105 Å². The Morgan fingerprint density at radius 1 is 0.662 bits per heavy atom. The fourth-order valence-electron chi connectivity index (χ4n) is 6.73. The molecule has 0 saturated heterocycles. The number of rotatable bonds is 18. The van der Waals surface area contributed by atoms with Crippen molar-refractivity contribution in [1.29, 1.82) is 0 Å². The van der Waals surface area contributed by atoms with Gasteiger partial charge < -0.3 is 37.8 Å². The zero-order chi connectivity index (χ0) is 45.2. The third-order valence-electron chi connectivity index (χ3n) is 10.0. The normalized spacial score (nSPS) is 11.5. The van der Waals surface area contributed by atoms with Crippen LogP contribution in [0.3, 0.4) is 0 Å². The van der Waals surface area contributed by atoms with Crippen LogP contribution in [-0.2, 0) is 25.9 Å². The van der Waals surface area contributed by atoms with Gasteiger partial charge >= 0.3 is 29.6 Å². The molecule has 7 N–H and O–H groups in total. The first-order valence-corrected chi connectivity index (χ1v) is 22.4. The molecule has 0 spiro atoms. The van der Waals surface area contributed by atoms with Crippen LogP contribution in [0.4, 0.5) is 20.4 Å². The van der Waals surface area contributed by atoms with Gasteiger partial charge in [0.2, 0.25) is 5.78 Å². The quantitative estimate of drug-likeness (QED) is 0.0371. The summed E-state index contributed by atoms with van der Waals surface area (Å²) in [5, 5.41) is 24.7. The molecule has 0 amide bonds. The number of aromatic nitrogens is 12. The summed E-state index contributed by atoms with van der Waals surface area (Å²) < 4.78 is 27.6. The summed E-state index contributed by atoms with van der Waals surface area (Å²) in [5.74, 6) is 1.11. The second kappa shape index (κ2) is 23.6. The maximum atomic E-state index is 13.8. The van der Waals surface area contributed by atoms with Crippen molar-refractivity contribution in [2.45, 2.75) is 32.0 Å². The fraction of sp³-hybridized carbons (Fsp3) is 0.205. The van der Waals surface area contributed by atoms with Crippen molar-refractivity contribution in [1.82, 2.24) is 70.4 Å². The summed E-state index contributed by atoms with van der Waals surface area (Å²) in [7, 11) is 0. The molecule has 8 heterocycles. The predicted octanol–water partition coefficient (Wildman–Crippen LogP) is 2.83. The maximum Gasteiger partial charge on any atom is 1.00 e. The van der Waals surface area contributed by atoms with Crippen molar-refractivity contribution in [2.75, 3.05) is 36.8 Å². The van der Waals surface area contributed by atoms with Gasteiger partial charge in [0.25, 0.3) is 0 Å². The van der Waals surface area contributed by atoms with E-state index in [0.29, 0.717) is 78.2 Å². The molecule has 2 aromatic carbocycles. The molecule has 0 aliphatic carbocycles. The fourth-order valence-corrected chi connectivity index (χ4v) is 8.53. The second-order valence-electron chi connectivity index (χ2n) is 14.6. The summed E-state index contributed by atoms with van der Waals surface area (Å²) in [4.78, 5) is 63.2. The molecule has 1 atom stereocenters. The number of para-hydroxylation sites is 4. The number of fused-ring (bicyclic) bond motifs is 4. The molecule has 0 fully saturated rings. The van der Waals surface area contributed by atoms with E-state index in [4.69, 9.17) is 0 Å². The number of aliphatic hydroxyl groups excluding tert-OH is 1. The van der Waals surface area contributed by atoms with Gasteiger partial charge in [0.15, 0.2) is 17.5 Å². The van der Waals surface area contributed by atoms with Crippen molar-refractivity contribution >= 4 is 91.3 Å². The van der Waals surface area contributed by atoms with Gasteiger partial charge in [0, 0.05) is 53.3 Å². The first-order chi connectivity index (χ1) is 32.3. The minimum atomic E-state index is -0.735. The summed E-state index contributed by atoms with van der Waals surface area (Å²) in [5.41, 5.74) is 5.24. The molecule has 0 saturated carbocycles. The molecule has 68 heavy (non-hydrogen) atoms. The standard InChI is InChI=1S/C22H21FN8OS.C22H19FN8OS.B.Na.H/c2*23-13-4-3-8-25-16(13)10-26-21-19-22(28-12-27-21)33-18(31-19)7-9-24-11-17(32)20-29-14-5-1-2-6-15(14)30-20;;;/h1-6,8,12,17,24,32H,7,9-11H2,(H,29,30)(H,26,27,28);1-6,8,12,24H,7,9-11H2,(H,29,30)(H,26,27,28);;;/q;;;+1;-1. The van der Waals surface area contributed by atoms with Crippen LogP contribution in [0.15, 0.2) is 97.8 Å². The van der Waals surface area contributed by atoms with Crippen molar-refractivity contribution in [3.8, 4) is 0 Å². The van der Waals surface area contributed by atoms with Gasteiger partial charge in [-0.1, -0.05) is 46.9 Å². The number of anilines is 2. The number of hydrogen-bond donors (Lipinski definition) is 7. The molecule has 24 heteroatoms. The number of thiazole rings is 2. The van der Waals surface area contributed by atoms with E-state index in [0.717, 1.165) is 41.7 Å². The summed E-state index contributed by atoms with van der Waals surface area (Å²) in [6, 6.07) is 21.0. The van der Waals surface area contributed by atoms with Crippen LogP contribution in [0.5, 0.6) is 0 Å². The van der Waals surface area contributed by atoms with Gasteiger partial charge in [0.1, 0.15) is 56.9 Å². The third-order valence-corrected chi connectivity index (χ3v) is 12.1. The molecular weight excluding hydrogens is 921 g/mol. The number of pyridine rings is 2. The summed E-state index contributed by atoms with van der Waals surface area (Å²) in [6.07, 6.45) is 6.57. The van der Waals surface area contributed by atoms with Gasteiger partial charge in [-0.25, -0.2) is 48.7 Å². The number of benzene rings is 2. The van der Waals surface area contributed by atoms with E-state index < -0.39 is 6.10 Å². The predicted molar refractivity (Wildman–Crippen MR) is 255 cm³/mol. The smallest absolute Gasteiger partial charge is 1.00 e. The number of aromatic amines is 2. The monoisotopic (exact) mass is 961 g/mol. The van der Waals surface area contributed by atoms with Crippen LogP contribution in [0.1, 0.15) is 45.4 Å². The number of halogens is 2. The first-order valence-electron chi connectivity index (χ1n) is 20.7. The number of ketones is 1. The minimum Gasteiger partial charge on any atom is -1.00 e. The number of nitrogens with one attached hydrogen (secondary N) is 6. The van der Waals surface area contributed by atoms with E-state index in [1.165, 1.54) is 47.5 Å². The second-order valence-corrected chi connectivity index (χ2v) is 16.7. The van der Waals surface area contributed by atoms with E-state index in [9.17, 15) is 18.7 Å². The molecule has 0 aliphatic rings. The van der Waals surface area contributed by atoms with E-state index >= 15 is 0 Å². The van der Waals surface area contributed by atoms with Crippen LogP contribution in [0.25, 0.3) is 42.8 Å². The molecule has 3 radical (unpaired) electrons. The van der Waals surface area contributed by atoms with E-state index in [-0.39, 0.29) is 76.4 Å². The van der Waals surface area contributed by atoms with Crippen LogP contribution >= 0.6 is 22.7 Å². The Morgan fingerprint density at radius 2 is 1.19 bits per heavy atom. The average molecular weight is 962 g/mol. The Hall–Kier alpha value is -6.31. The maximum absolute atomic E-state index is 13.8.